The van der Waals surface area contributed by atoms with Gasteiger partial charge in [0.2, 0.25) is 0 Å². The Labute approximate surface area is 85.2 Å². The number of nitrogens with one attached hydrogen (secondary N) is 2. The molecule has 0 unspecified atom stereocenters. The molecule has 3 aromatic rings. The van der Waals surface area contributed by atoms with Crippen molar-refractivity contribution in [3.63, 3.8) is 0 Å². The highest BCUT2D eigenvalue weighted by atomic mass is 16.1. The van der Waals surface area contributed by atoms with Gasteiger partial charge < -0.3 is 9.97 Å². The van der Waals surface area contributed by atoms with E-state index in [9.17, 15) is 4.79 Å². The van der Waals surface area contributed by atoms with Crippen LogP contribution in [0.15, 0.2) is 47.4 Å². The Bertz CT molecular complexity index is 646. The quantitative estimate of drug-likeness (QED) is 0.615. The molecule has 0 aliphatic carbocycles. The average molecular weight is 199 g/mol. The number of hydrogen-bond donors (Lipinski definition) is 2. The molecule has 4 nitrogen and oxygen atoms in total. The van der Waals surface area contributed by atoms with Crippen LogP contribution in [0, 0.1) is 0 Å². The molecule has 0 aliphatic heterocycles. The van der Waals surface area contributed by atoms with E-state index in [-0.39, 0.29) is 5.69 Å². The van der Waals surface area contributed by atoms with Gasteiger partial charge >= 0.3 is 5.69 Å². The second kappa shape index (κ2) is 2.88. The molecule has 0 radical (unpaired) electrons. The molecule has 0 saturated carbocycles. The highest BCUT2D eigenvalue weighted by Crippen LogP contribution is 2.12. The lowest BCUT2D eigenvalue weighted by molar-refractivity contribution is 0.980. The van der Waals surface area contributed by atoms with Crippen LogP contribution in [-0.2, 0) is 0 Å². The van der Waals surface area contributed by atoms with Crippen LogP contribution >= 0.6 is 0 Å². The van der Waals surface area contributed by atoms with Crippen LogP contribution in [0.25, 0.3) is 16.9 Å². The first-order valence-corrected chi connectivity index (χ1v) is 4.70. The number of aromatic amines is 2. The number of rotatable bonds is 1. The minimum absolute atomic E-state index is 0.126. The fraction of sp³-hybridized carbons (Fsp3) is 0. The molecule has 0 saturated heterocycles. The standard InChI is InChI=1S/C11H9N3O/c15-11-13-8-4-1-2-5-9(8)14(11)10-6-3-7-12-10/h1-7,12H,(H,13,15). The zero-order valence-electron chi connectivity index (χ0n) is 7.90. The van der Waals surface area contributed by atoms with E-state index in [0.29, 0.717) is 0 Å². The smallest absolute Gasteiger partial charge is 0.332 e. The van der Waals surface area contributed by atoms with Crippen LogP contribution in [0.4, 0.5) is 0 Å². The summed E-state index contributed by atoms with van der Waals surface area (Å²) in [5.41, 5.74) is 1.60. The Morgan fingerprint density at radius 1 is 1.07 bits per heavy atom. The molecule has 2 heterocycles. The van der Waals surface area contributed by atoms with Gasteiger partial charge in [-0.3, -0.25) is 0 Å². The van der Waals surface area contributed by atoms with Gasteiger partial charge in [-0.05, 0) is 24.3 Å². The van der Waals surface area contributed by atoms with E-state index in [4.69, 9.17) is 0 Å². The first-order chi connectivity index (χ1) is 7.36. The predicted octanol–water partition coefficient (Wildman–Crippen LogP) is 1.65. The van der Waals surface area contributed by atoms with Gasteiger partial charge in [-0.2, -0.15) is 0 Å². The minimum Gasteiger partial charge on any atom is -0.348 e. The van der Waals surface area contributed by atoms with Crippen molar-refractivity contribution in [2.45, 2.75) is 0 Å². The predicted molar refractivity (Wildman–Crippen MR) is 58.2 cm³/mol. The maximum Gasteiger partial charge on any atom is 0.332 e. The Morgan fingerprint density at radius 2 is 1.93 bits per heavy atom. The van der Waals surface area contributed by atoms with E-state index in [2.05, 4.69) is 9.97 Å². The van der Waals surface area contributed by atoms with E-state index >= 15 is 0 Å². The third-order valence-corrected chi connectivity index (χ3v) is 2.41. The molecule has 2 aromatic heterocycles. The SMILES string of the molecule is O=c1[nH]c2ccccc2n1-c1ccc[nH]1. The molecule has 0 aliphatic rings. The topological polar surface area (TPSA) is 53.6 Å². The van der Waals surface area contributed by atoms with Crippen molar-refractivity contribution in [3.05, 3.63) is 53.1 Å². The summed E-state index contributed by atoms with van der Waals surface area (Å²) < 4.78 is 1.62. The average Bonchev–Trinajstić information content (AvgIpc) is 2.82. The summed E-state index contributed by atoms with van der Waals surface area (Å²) in [4.78, 5) is 17.5. The molecule has 1 aromatic carbocycles. The molecule has 74 valence electrons. The van der Waals surface area contributed by atoms with E-state index in [1.807, 2.05) is 36.4 Å². The molecule has 0 atom stereocenters. The third kappa shape index (κ3) is 1.11. The van der Waals surface area contributed by atoms with Crippen LogP contribution in [-0.4, -0.2) is 14.5 Å². The van der Waals surface area contributed by atoms with Crippen molar-refractivity contribution in [2.24, 2.45) is 0 Å². The normalized spacial score (nSPS) is 10.9. The molecule has 3 rings (SSSR count). The van der Waals surface area contributed by atoms with Crippen LogP contribution in [0.1, 0.15) is 0 Å². The van der Waals surface area contributed by atoms with E-state index in [1.54, 1.807) is 10.8 Å². The molecule has 0 spiro atoms. The fourth-order valence-electron chi connectivity index (χ4n) is 1.75. The van der Waals surface area contributed by atoms with Gasteiger partial charge in [0.15, 0.2) is 0 Å². The Kier molecular flexibility index (Phi) is 1.56. The van der Waals surface area contributed by atoms with Crippen molar-refractivity contribution >= 4 is 11.0 Å². The molecule has 0 fully saturated rings. The third-order valence-electron chi connectivity index (χ3n) is 2.41. The van der Waals surface area contributed by atoms with Gasteiger partial charge in [-0.1, -0.05) is 12.1 Å². The molecule has 2 N–H and O–H groups in total. The number of nitrogens with zero attached hydrogens (tertiary/aromatic N) is 1. The molecule has 0 bridgehead atoms. The Morgan fingerprint density at radius 3 is 2.73 bits per heavy atom. The summed E-state index contributed by atoms with van der Waals surface area (Å²) in [6.07, 6.45) is 1.80. The van der Waals surface area contributed by atoms with Gasteiger partial charge in [0.25, 0.3) is 0 Å². The summed E-state index contributed by atoms with van der Waals surface area (Å²) in [6, 6.07) is 11.3. The first-order valence-electron chi connectivity index (χ1n) is 4.70. The monoisotopic (exact) mass is 199 g/mol. The maximum atomic E-state index is 11.7. The van der Waals surface area contributed by atoms with E-state index in [1.165, 1.54) is 0 Å². The van der Waals surface area contributed by atoms with Crippen molar-refractivity contribution in [3.8, 4) is 5.82 Å². The van der Waals surface area contributed by atoms with Crippen LogP contribution in [0.5, 0.6) is 0 Å². The van der Waals surface area contributed by atoms with Gasteiger partial charge in [0, 0.05) is 6.20 Å². The maximum absolute atomic E-state index is 11.7. The molecule has 4 heteroatoms. The zero-order valence-corrected chi connectivity index (χ0v) is 7.90. The summed E-state index contributed by atoms with van der Waals surface area (Å²) in [6.45, 7) is 0. The molecule has 15 heavy (non-hydrogen) atoms. The molecule has 0 amide bonds. The van der Waals surface area contributed by atoms with Crippen LogP contribution in [0.3, 0.4) is 0 Å². The number of aromatic nitrogens is 3. The van der Waals surface area contributed by atoms with Crippen molar-refractivity contribution < 1.29 is 0 Å². The second-order valence-electron chi connectivity index (χ2n) is 3.34. The van der Waals surface area contributed by atoms with Gasteiger partial charge in [-0.15, -0.1) is 0 Å². The van der Waals surface area contributed by atoms with Crippen LogP contribution in [0.2, 0.25) is 0 Å². The lowest BCUT2D eigenvalue weighted by atomic mass is 10.3. The molecular formula is C11H9N3O. The highest BCUT2D eigenvalue weighted by Gasteiger charge is 2.07. The van der Waals surface area contributed by atoms with Crippen molar-refractivity contribution in [1.29, 1.82) is 0 Å². The van der Waals surface area contributed by atoms with Gasteiger partial charge in [0.05, 0.1) is 11.0 Å². The molecular weight excluding hydrogens is 190 g/mol. The number of imidazole rings is 1. The lowest BCUT2D eigenvalue weighted by Crippen LogP contribution is -2.14. The van der Waals surface area contributed by atoms with Crippen molar-refractivity contribution in [1.82, 2.24) is 14.5 Å². The number of para-hydroxylation sites is 2. The summed E-state index contributed by atoms with van der Waals surface area (Å²) in [5.74, 6) is 0.775. The van der Waals surface area contributed by atoms with E-state index < -0.39 is 0 Å². The fourth-order valence-corrected chi connectivity index (χ4v) is 1.75. The first kappa shape index (κ1) is 8.11. The number of fused-ring (bicyclic) bond motifs is 1. The second-order valence-corrected chi connectivity index (χ2v) is 3.34. The van der Waals surface area contributed by atoms with Crippen LogP contribution < -0.4 is 5.69 Å². The van der Waals surface area contributed by atoms with Crippen molar-refractivity contribution in [2.75, 3.05) is 0 Å². The summed E-state index contributed by atoms with van der Waals surface area (Å²) in [5, 5.41) is 0. The largest absolute Gasteiger partial charge is 0.348 e. The minimum atomic E-state index is -0.126. The number of H-pyrrole nitrogens is 2. The van der Waals surface area contributed by atoms with Gasteiger partial charge in [0.1, 0.15) is 5.82 Å². The number of hydrogen-bond acceptors (Lipinski definition) is 1. The Balaban J connectivity index is 2.44. The van der Waals surface area contributed by atoms with Gasteiger partial charge in [-0.25, -0.2) is 9.36 Å². The Hall–Kier alpha value is -2.23. The lowest BCUT2D eigenvalue weighted by Gasteiger charge is -1.98. The summed E-state index contributed by atoms with van der Waals surface area (Å²) in [7, 11) is 0. The zero-order chi connectivity index (χ0) is 10.3. The highest BCUT2D eigenvalue weighted by molar-refractivity contribution is 5.76. The number of benzene rings is 1. The van der Waals surface area contributed by atoms with E-state index in [0.717, 1.165) is 16.9 Å². The summed E-state index contributed by atoms with van der Waals surface area (Å²) >= 11 is 0.